The summed E-state index contributed by atoms with van der Waals surface area (Å²) in [6.07, 6.45) is 72.8. The maximum atomic E-state index is 12.8. The average molecular weight is 948 g/mol. The molecule has 0 fully saturated rings. The second-order valence-corrected chi connectivity index (χ2v) is 18.8. The number of ether oxygens (including phenoxy) is 3. The molecule has 0 heterocycles. The van der Waals surface area contributed by atoms with Gasteiger partial charge in [0, 0.05) is 19.3 Å². The molecule has 68 heavy (non-hydrogen) atoms. The van der Waals surface area contributed by atoms with Crippen molar-refractivity contribution >= 4 is 17.9 Å². The summed E-state index contributed by atoms with van der Waals surface area (Å²) in [5.74, 6) is -0.915. The zero-order valence-corrected chi connectivity index (χ0v) is 44.6. The molecule has 6 nitrogen and oxygen atoms in total. The van der Waals surface area contributed by atoms with E-state index in [1.807, 2.05) is 0 Å². The number of hydrogen-bond donors (Lipinski definition) is 0. The van der Waals surface area contributed by atoms with Crippen LogP contribution in [0.4, 0.5) is 0 Å². The molecule has 0 aliphatic rings. The minimum Gasteiger partial charge on any atom is -0.462 e. The van der Waals surface area contributed by atoms with Gasteiger partial charge in [-0.25, -0.2) is 0 Å². The van der Waals surface area contributed by atoms with E-state index in [1.54, 1.807) is 0 Å². The molecule has 0 aromatic rings. The van der Waals surface area contributed by atoms with Gasteiger partial charge >= 0.3 is 17.9 Å². The fourth-order valence-corrected chi connectivity index (χ4v) is 7.85. The van der Waals surface area contributed by atoms with Crippen molar-refractivity contribution < 1.29 is 28.6 Å². The molecule has 0 N–H and O–H groups in total. The molecule has 0 aromatic heterocycles. The van der Waals surface area contributed by atoms with Gasteiger partial charge in [-0.3, -0.25) is 14.4 Å². The van der Waals surface area contributed by atoms with Gasteiger partial charge in [-0.05, 0) is 96.3 Å². The normalized spacial score (nSPS) is 12.7. The molecule has 0 amide bonds. The van der Waals surface area contributed by atoms with Gasteiger partial charge in [-0.1, -0.05) is 241 Å². The quantitative estimate of drug-likeness (QED) is 0.0262. The van der Waals surface area contributed by atoms with Crippen LogP contribution >= 0.6 is 0 Å². The Morgan fingerprint density at radius 2 is 0.574 bits per heavy atom. The number of allylic oxidation sites excluding steroid dienone is 14. The summed E-state index contributed by atoms with van der Waals surface area (Å²) in [7, 11) is 0. The fraction of sp³-hybridized carbons (Fsp3) is 0.726. The van der Waals surface area contributed by atoms with Gasteiger partial charge in [0.15, 0.2) is 6.10 Å². The van der Waals surface area contributed by atoms with Gasteiger partial charge in [-0.2, -0.15) is 0 Å². The molecule has 0 aliphatic carbocycles. The first-order valence-corrected chi connectivity index (χ1v) is 28.6. The Labute approximate surface area is 420 Å². The molecule has 0 saturated carbocycles. The van der Waals surface area contributed by atoms with Crippen molar-refractivity contribution in [2.24, 2.45) is 0 Å². The third-order valence-electron chi connectivity index (χ3n) is 12.1. The van der Waals surface area contributed by atoms with Crippen LogP contribution in [0.1, 0.15) is 271 Å². The predicted octanol–water partition coefficient (Wildman–Crippen LogP) is 19.2. The summed E-state index contributed by atoms with van der Waals surface area (Å²) < 4.78 is 16.8. The van der Waals surface area contributed by atoms with Crippen molar-refractivity contribution in [3.8, 4) is 0 Å². The van der Waals surface area contributed by atoms with Crippen molar-refractivity contribution in [3.63, 3.8) is 0 Å². The molecule has 0 radical (unpaired) electrons. The van der Waals surface area contributed by atoms with E-state index in [0.29, 0.717) is 19.3 Å². The lowest BCUT2D eigenvalue weighted by Crippen LogP contribution is -2.30. The van der Waals surface area contributed by atoms with E-state index in [4.69, 9.17) is 14.2 Å². The Hall–Kier alpha value is -3.41. The zero-order valence-electron chi connectivity index (χ0n) is 44.6. The van der Waals surface area contributed by atoms with Crippen LogP contribution < -0.4 is 0 Å². The van der Waals surface area contributed by atoms with E-state index in [-0.39, 0.29) is 31.1 Å². The number of carbonyl (C=O) groups excluding carboxylic acids is 3. The SMILES string of the molecule is CC/C=C\C/C=C\C/C=C\C/C=C\C/C=C\C/C=C\CCCCCCC(=O)OCC(COC(=O)CCCCCCC/C=C\CCCCC)OC(=O)CCCCCCCCCCCCCCCCC. The topological polar surface area (TPSA) is 78.9 Å². The zero-order chi connectivity index (χ0) is 49.3. The highest BCUT2D eigenvalue weighted by molar-refractivity contribution is 5.71. The highest BCUT2D eigenvalue weighted by Crippen LogP contribution is 2.15. The molecule has 6 heteroatoms. The highest BCUT2D eigenvalue weighted by atomic mass is 16.6. The van der Waals surface area contributed by atoms with E-state index < -0.39 is 6.10 Å². The summed E-state index contributed by atoms with van der Waals surface area (Å²) in [6, 6.07) is 0. The second-order valence-electron chi connectivity index (χ2n) is 18.8. The smallest absolute Gasteiger partial charge is 0.306 e. The number of esters is 3. The number of hydrogen-bond acceptors (Lipinski definition) is 6. The minimum atomic E-state index is -0.789. The molecular weight excluding hydrogens is 841 g/mol. The Bertz CT molecular complexity index is 1320. The number of rotatable bonds is 51. The molecule has 0 bridgehead atoms. The van der Waals surface area contributed by atoms with Crippen LogP contribution in [0.15, 0.2) is 85.1 Å². The van der Waals surface area contributed by atoms with Gasteiger partial charge in [-0.15, -0.1) is 0 Å². The Balaban J connectivity index is 4.39. The maximum absolute atomic E-state index is 12.8. The van der Waals surface area contributed by atoms with Crippen LogP contribution in [-0.4, -0.2) is 37.2 Å². The molecule has 0 saturated heterocycles. The van der Waals surface area contributed by atoms with Gasteiger partial charge in [0.1, 0.15) is 13.2 Å². The van der Waals surface area contributed by atoms with Crippen LogP contribution in [0, 0.1) is 0 Å². The Morgan fingerprint density at radius 3 is 0.941 bits per heavy atom. The molecule has 0 spiro atoms. The molecule has 0 aromatic carbocycles. The lowest BCUT2D eigenvalue weighted by molar-refractivity contribution is -0.167. The Morgan fingerprint density at radius 1 is 0.309 bits per heavy atom. The molecule has 1 atom stereocenters. The molecule has 1 unspecified atom stereocenters. The molecule has 390 valence electrons. The maximum Gasteiger partial charge on any atom is 0.306 e. The first kappa shape index (κ1) is 64.6. The van der Waals surface area contributed by atoms with Gasteiger partial charge in [0.25, 0.3) is 0 Å². The summed E-state index contributed by atoms with van der Waals surface area (Å²) in [5, 5.41) is 0. The van der Waals surface area contributed by atoms with Crippen LogP contribution in [0.3, 0.4) is 0 Å². The number of unbranched alkanes of at least 4 members (excludes halogenated alkanes) is 26. The first-order valence-electron chi connectivity index (χ1n) is 28.6. The molecule has 0 aliphatic heterocycles. The summed E-state index contributed by atoms with van der Waals surface area (Å²) in [6.45, 7) is 6.49. The van der Waals surface area contributed by atoms with Crippen LogP contribution in [-0.2, 0) is 28.6 Å². The second kappa shape index (κ2) is 56.2. The van der Waals surface area contributed by atoms with E-state index in [2.05, 4.69) is 106 Å². The standard InChI is InChI=1S/C62H106O6/c1-4-7-10-13-16-19-22-25-27-28-29-30-31-32-33-34-36-37-40-43-46-49-52-55-61(64)67-58-59(57-66-60(63)54-51-48-45-42-39-24-21-18-15-12-9-6-3)68-62(65)56-53-50-47-44-41-38-35-26-23-20-17-14-11-8-5-2/h7,10,16,18-19,21,25,27,29-30,32-33,36-37,59H,4-6,8-9,11-15,17,20,22-24,26,28,31,34-35,38-58H2,1-3H3/b10-7-,19-16-,21-18-,27-25-,30-29-,33-32-,37-36-. The fourth-order valence-electron chi connectivity index (χ4n) is 7.85. The van der Waals surface area contributed by atoms with Gasteiger partial charge < -0.3 is 14.2 Å². The van der Waals surface area contributed by atoms with Crippen molar-refractivity contribution in [2.75, 3.05) is 13.2 Å². The molecule has 0 rings (SSSR count). The monoisotopic (exact) mass is 947 g/mol. The summed E-state index contributed by atoms with van der Waals surface area (Å²) in [5.41, 5.74) is 0. The van der Waals surface area contributed by atoms with Crippen molar-refractivity contribution in [2.45, 2.75) is 277 Å². The first-order chi connectivity index (χ1) is 33.5. The average Bonchev–Trinajstić information content (AvgIpc) is 3.34. The van der Waals surface area contributed by atoms with Crippen LogP contribution in [0.25, 0.3) is 0 Å². The lowest BCUT2D eigenvalue weighted by atomic mass is 10.0. The van der Waals surface area contributed by atoms with E-state index >= 15 is 0 Å². The van der Waals surface area contributed by atoms with E-state index in [1.165, 1.54) is 116 Å². The third kappa shape index (κ3) is 53.5. The lowest BCUT2D eigenvalue weighted by Gasteiger charge is -2.18. The van der Waals surface area contributed by atoms with E-state index in [9.17, 15) is 14.4 Å². The van der Waals surface area contributed by atoms with Crippen molar-refractivity contribution in [1.29, 1.82) is 0 Å². The van der Waals surface area contributed by atoms with Gasteiger partial charge in [0.2, 0.25) is 0 Å². The van der Waals surface area contributed by atoms with E-state index in [0.717, 1.165) is 116 Å². The third-order valence-corrected chi connectivity index (χ3v) is 12.1. The highest BCUT2D eigenvalue weighted by Gasteiger charge is 2.19. The number of carbonyl (C=O) groups is 3. The van der Waals surface area contributed by atoms with Crippen molar-refractivity contribution in [1.82, 2.24) is 0 Å². The van der Waals surface area contributed by atoms with Crippen LogP contribution in [0.2, 0.25) is 0 Å². The largest absolute Gasteiger partial charge is 0.462 e. The minimum absolute atomic E-state index is 0.0874. The van der Waals surface area contributed by atoms with Gasteiger partial charge in [0.05, 0.1) is 0 Å². The van der Waals surface area contributed by atoms with Crippen molar-refractivity contribution in [3.05, 3.63) is 85.1 Å². The van der Waals surface area contributed by atoms with Crippen LogP contribution in [0.5, 0.6) is 0 Å². The summed E-state index contributed by atoms with van der Waals surface area (Å²) >= 11 is 0. The molecular formula is C62H106O6. The predicted molar refractivity (Wildman–Crippen MR) is 293 cm³/mol. The Kier molecular flexibility index (Phi) is 53.4. The summed E-state index contributed by atoms with van der Waals surface area (Å²) in [4.78, 5) is 38.1.